The van der Waals surface area contributed by atoms with Crippen LogP contribution in [0.15, 0.2) is 42.5 Å². The van der Waals surface area contributed by atoms with Crippen LogP contribution in [0, 0.1) is 17.7 Å². The maximum Gasteiger partial charge on any atom is 0.386 e. The fourth-order valence-electron chi connectivity index (χ4n) is 6.14. The van der Waals surface area contributed by atoms with E-state index in [2.05, 4.69) is 26.0 Å². The lowest BCUT2D eigenvalue weighted by Crippen LogP contribution is -2.22. The number of rotatable bonds is 9. The van der Waals surface area contributed by atoms with Crippen molar-refractivity contribution in [3.8, 4) is 0 Å². The number of benzene rings is 2. The fraction of sp³-hybridized carbons (Fsp3) is 0.613. The zero-order valence-corrected chi connectivity index (χ0v) is 21.4. The summed E-state index contributed by atoms with van der Waals surface area (Å²) in [5, 5.41) is 0. The van der Waals surface area contributed by atoms with Gasteiger partial charge in [0.25, 0.3) is 0 Å². The Labute approximate surface area is 209 Å². The molecular weight excluding hydrogens is 445 g/mol. The monoisotopic (exact) mass is 486 g/mol. The summed E-state index contributed by atoms with van der Waals surface area (Å²) in [5.41, 5.74) is 2.48. The van der Waals surface area contributed by atoms with Gasteiger partial charge in [0.05, 0.1) is 12.2 Å². The lowest BCUT2D eigenvalue weighted by Gasteiger charge is -2.29. The summed E-state index contributed by atoms with van der Waals surface area (Å²) in [6.07, 6.45) is 8.46. The van der Waals surface area contributed by atoms with Crippen LogP contribution in [-0.4, -0.2) is 6.61 Å². The highest BCUT2D eigenvalue weighted by atomic mass is 19.3. The Bertz CT molecular complexity index is 923. The zero-order chi connectivity index (χ0) is 24.8. The normalized spacial score (nSPS) is 25.5. The number of halogens is 3. The molecule has 2 saturated carbocycles. The van der Waals surface area contributed by atoms with Crippen molar-refractivity contribution >= 4 is 0 Å². The van der Waals surface area contributed by atoms with Crippen LogP contribution in [0.5, 0.6) is 0 Å². The van der Waals surface area contributed by atoms with Gasteiger partial charge in [-0.25, -0.2) is 4.39 Å². The van der Waals surface area contributed by atoms with E-state index >= 15 is 0 Å². The fourth-order valence-corrected chi connectivity index (χ4v) is 6.14. The summed E-state index contributed by atoms with van der Waals surface area (Å²) >= 11 is 0. The molecule has 0 amide bonds. The topological polar surface area (TPSA) is 9.23 Å². The molecule has 0 aromatic heterocycles. The van der Waals surface area contributed by atoms with Crippen molar-refractivity contribution in [1.29, 1.82) is 0 Å². The molecule has 2 aliphatic rings. The Morgan fingerprint density at radius 1 is 0.829 bits per heavy atom. The van der Waals surface area contributed by atoms with E-state index in [1.54, 1.807) is 6.07 Å². The smallest absolute Gasteiger partial charge is 0.316 e. The minimum atomic E-state index is -3.64. The number of hydrogen-bond acceptors (Lipinski definition) is 1. The number of hydrogen-bond donors (Lipinski definition) is 0. The van der Waals surface area contributed by atoms with Crippen LogP contribution in [0.1, 0.15) is 112 Å². The lowest BCUT2D eigenvalue weighted by atomic mass is 9.77. The second kappa shape index (κ2) is 12.0. The Kier molecular flexibility index (Phi) is 8.97. The molecule has 0 saturated heterocycles. The molecule has 2 aliphatic carbocycles. The van der Waals surface area contributed by atoms with Crippen molar-refractivity contribution in [2.24, 2.45) is 11.8 Å². The molecule has 192 valence electrons. The first-order valence-electron chi connectivity index (χ1n) is 13.8. The molecule has 0 bridgehead atoms. The molecule has 4 heteroatoms. The Morgan fingerprint density at radius 2 is 1.43 bits per heavy atom. The van der Waals surface area contributed by atoms with Gasteiger partial charge in [-0.1, -0.05) is 69.9 Å². The van der Waals surface area contributed by atoms with Gasteiger partial charge in [-0.05, 0) is 97.4 Å². The van der Waals surface area contributed by atoms with Gasteiger partial charge in [0.2, 0.25) is 0 Å². The van der Waals surface area contributed by atoms with Gasteiger partial charge in [0, 0.05) is 0 Å². The van der Waals surface area contributed by atoms with Crippen LogP contribution in [-0.2, 0) is 17.3 Å². The molecular formula is C31H41F3O. The molecule has 0 radical (unpaired) electrons. The van der Waals surface area contributed by atoms with E-state index < -0.39 is 17.5 Å². The molecule has 0 N–H and O–H groups in total. The lowest BCUT2D eigenvalue weighted by molar-refractivity contribution is -0.249. The van der Waals surface area contributed by atoms with Gasteiger partial charge in [0.1, 0.15) is 5.82 Å². The molecule has 2 aromatic carbocycles. The van der Waals surface area contributed by atoms with E-state index in [0.29, 0.717) is 12.3 Å². The molecule has 0 heterocycles. The van der Waals surface area contributed by atoms with Gasteiger partial charge in [-0.2, -0.15) is 8.78 Å². The number of alkyl halides is 2. The predicted octanol–water partition coefficient (Wildman–Crippen LogP) is 9.50. The van der Waals surface area contributed by atoms with Crippen molar-refractivity contribution in [2.75, 3.05) is 6.61 Å². The highest BCUT2D eigenvalue weighted by Gasteiger charge is 2.36. The predicted molar refractivity (Wildman–Crippen MR) is 136 cm³/mol. The highest BCUT2D eigenvalue weighted by molar-refractivity contribution is 5.29. The summed E-state index contributed by atoms with van der Waals surface area (Å²) in [5.74, 6) is 1.58. The van der Waals surface area contributed by atoms with Crippen LogP contribution in [0.4, 0.5) is 13.2 Å². The summed E-state index contributed by atoms with van der Waals surface area (Å²) in [7, 11) is 0. The maximum absolute atomic E-state index is 14.7. The third-order valence-corrected chi connectivity index (χ3v) is 8.46. The average molecular weight is 487 g/mol. The van der Waals surface area contributed by atoms with Gasteiger partial charge in [-0.3, -0.25) is 0 Å². The van der Waals surface area contributed by atoms with Crippen molar-refractivity contribution in [3.63, 3.8) is 0 Å². The van der Waals surface area contributed by atoms with Crippen molar-refractivity contribution in [2.45, 2.75) is 102 Å². The van der Waals surface area contributed by atoms with Crippen molar-refractivity contribution in [1.82, 2.24) is 0 Å². The highest BCUT2D eigenvalue weighted by Crippen LogP contribution is 2.40. The van der Waals surface area contributed by atoms with Crippen LogP contribution in [0.25, 0.3) is 0 Å². The van der Waals surface area contributed by atoms with Gasteiger partial charge in [0.15, 0.2) is 0 Å². The van der Waals surface area contributed by atoms with Crippen molar-refractivity contribution < 1.29 is 17.9 Å². The quantitative estimate of drug-likeness (QED) is 0.343. The van der Waals surface area contributed by atoms with E-state index in [1.807, 2.05) is 12.1 Å². The molecule has 0 atom stereocenters. The van der Waals surface area contributed by atoms with Gasteiger partial charge < -0.3 is 4.74 Å². The van der Waals surface area contributed by atoms with Crippen LogP contribution >= 0.6 is 0 Å². The van der Waals surface area contributed by atoms with Crippen molar-refractivity contribution in [3.05, 3.63) is 70.5 Å². The van der Waals surface area contributed by atoms with E-state index in [0.717, 1.165) is 48.6 Å². The summed E-state index contributed by atoms with van der Waals surface area (Å²) < 4.78 is 49.1. The number of ether oxygens (including phenoxy) is 1. The van der Waals surface area contributed by atoms with E-state index in [9.17, 15) is 13.2 Å². The first-order valence-corrected chi connectivity index (χ1v) is 13.8. The molecule has 4 rings (SSSR count). The third kappa shape index (κ3) is 6.90. The first-order chi connectivity index (χ1) is 16.9. The summed E-state index contributed by atoms with van der Waals surface area (Å²) in [6, 6.07) is 12.5. The minimum absolute atomic E-state index is 0.157. The largest absolute Gasteiger partial charge is 0.386 e. The summed E-state index contributed by atoms with van der Waals surface area (Å²) in [6.45, 7) is 4.36. The van der Waals surface area contributed by atoms with Crippen LogP contribution < -0.4 is 0 Å². The first kappa shape index (κ1) is 26.3. The Morgan fingerprint density at radius 3 is 2.06 bits per heavy atom. The second-order valence-electron chi connectivity index (χ2n) is 11.1. The minimum Gasteiger partial charge on any atom is -0.316 e. The molecule has 2 fully saturated rings. The van der Waals surface area contributed by atoms with E-state index in [1.165, 1.54) is 56.2 Å². The zero-order valence-electron chi connectivity index (χ0n) is 21.4. The van der Waals surface area contributed by atoms with Crippen LogP contribution in [0.3, 0.4) is 0 Å². The Balaban J connectivity index is 1.29. The molecule has 2 aromatic rings. The van der Waals surface area contributed by atoms with Gasteiger partial charge in [-0.15, -0.1) is 0 Å². The third-order valence-electron chi connectivity index (χ3n) is 8.46. The SMILES string of the molecule is CCC[C@H]1CC[C@H](c2ccc(C(F)(F)OCCc3ccc([C@H]4CC[C@H](C)CC4)cc3)c(F)c2)CC1. The molecule has 35 heavy (non-hydrogen) atoms. The molecule has 0 unspecified atom stereocenters. The van der Waals surface area contributed by atoms with E-state index in [4.69, 9.17) is 4.74 Å². The standard InChI is InChI=1S/C31H41F3O/c1-3-4-23-7-15-27(16-8-23)28-17-18-29(30(32)21-28)31(33,34)35-20-19-24-9-13-26(14-10-24)25-11-5-22(2)6-12-25/h9-10,13-14,17-18,21-23,25,27H,3-8,11-12,15-16,19-20H2,1-2H3/t22-,23-,25-,27-. The average Bonchev–Trinajstić information content (AvgIpc) is 2.85. The van der Waals surface area contributed by atoms with E-state index in [-0.39, 0.29) is 12.5 Å². The second-order valence-corrected chi connectivity index (χ2v) is 11.1. The van der Waals surface area contributed by atoms with Crippen LogP contribution in [0.2, 0.25) is 0 Å². The molecule has 1 nitrogen and oxygen atoms in total. The van der Waals surface area contributed by atoms with Gasteiger partial charge >= 0.3 is 6.11 Å². The molecule has 0 spiro atoms. The molecule has 0 aliphatic heterocycles. The summed E-state index contributed by atoms with van der Waals surface area (Å²) in [4.78, 5) is 0. The Hall–Kier alpha value is -1.81. The maximum atomic E-state index is 14.7.